The van der Waals surface area contributed by atoms with E-state index in [4.69, 9.17) is 10.5 Å². The predicted octanol–water partition coefficient (Wildman–Crippen LogP) is 3.12. The van der Waals surface area contributed by atoms with E-state index >= 15 is 0 Å². The average molecular weight is 285 g/mol. The Morgan fingerprint density at radius 3 is 2.33 bits per heavy atom. The molecule has 0 aliphatic heterocycles. The van der Waals surface area contributed by atoms with Crippen LogP contribution in [0.1, 0.15) is 16.7 Å². The summed E-state index contributed by atoms with van der Waals surface area (Å²) >= 11 is 0. The molecule has 0 fully saturated rings. The van der Waals surface area contributed by atoms with Crippen molar-refractivity contribution in [2.24, 2.45) is 11.1 Å². The number of fused-ring (bicyclic) bond motifs is 1. The summed E-state index contributed by atoms with van der Waals surface area (Å²) in [6.45, 7) is 0.554. The summed E-state index contributed by atoms with van der Waals surface area (Å²) in [5.41, 5.74) is 9.34. The van der Waals surface area contributed by atoms with Crippen LogP contribution >= 0.6 is 0 Å². The van der Waals surface area contributed by atoms with E-state index in [1.54, 1.807) is 6.07 Å². The third-order valence-electron chi connectivity index (χ3n) is 4.51. The van der Waals surface area contributed by atoms with Gasteiger partial charge < -0.3 is 10.5 Å². The maximum absolute atomic E-state index is 14.4. The van der Waals surface area contributed by atoms with Crippen molar-refractivity contribution in [3.63, 3.8) is 0 Å². The summed E-state index contributed by atoms with van der Waals surface area (Å²) < 4.78 is 19.5. The number of ether oxygens (including phenoxy) is 1. The molecule has 1 aliphatic rings. The number of rotatable bonds is 4. The summed E-state index contributed by atoms with van der Waals surface area (Å²) in [5, 5.41) is 0. The van der Waals surface area contributed by atoms with Gasteiger partial charge in [0.25, 0.3) is 0 Å². The Labute approximate surface area is 124 Å². The van der Waals surface area contributed by atoms with Crippen molar-refractivity contribution in [3.8, 4) is 5.75 Å². The quantitative estimate of drug-likeness (QED) is 0.936. The summed E-state index contributed by atoms with van der Waals surface area (Å²) in [5.74, 6) is 0.0407. The normalized spacial score (nSPS) is 15.8. The maximum Gasteiger partial charge on any atom is 0.168 e. The summed E-state index contributed by atoms with van der Waals surface area (Å²) in [6, 6.07) is 13.7. The third-order valence-corrected chi connectivity index (χ3v) is 4.51. The molecule has 0 radical (unpaired) electrons. The molecule has 2 aromatic rings. The fourth-order valence-electron chi connectivity index (χ4n) is 3.37. The predicted molar refractivity (Wildman–Crippen MR) is 82.0 cm³/mol. The van der Waals surface area contributed by atoms with Gasteiger partial charge in [0.05, 0.1) is 7.11 Å². The van der Waals surface area contributed by atoms with Crippen LogP contribution < -0.4 is 10.5 Å². The molecule has 0 spiro atoms. The molecule has 0 heterocycles. The second-order valence-electron chi connectivity index (χ2n) is 5.94. The van der Waals surface area contributed by atoms with E-state index in [0.717, 1.165) is 12.8 Å². The van der Waals surface area contributed by atoms with Crippen molar-refractivity contribution in [3.05, 3.63) is 65.0 Å². The zero-order chi connectivity index (χ0) is 14.9. The molecule has 0 atom stereocenters. The van der Waals surface area contributed by atoms with Gasteiger partial charge in [-0.2, -0.15) is 0 Å². The Morgan fingerprint density at radius 1 is 1.10 bits per heavy atom. The minimum Gasteiger partial charge on any atom is -0.494 e. The number of hydrogen-bond donors (Lipinski definition) is 1. The van der Waals surface area contributed by atoms with Crippen LogP contribution in [0.25, 0.3) is 0 Å². The first-order valence-electron chi connectivity index (χ1n) is 7.26. The van der Waals surface area contributed by atoms with E-state index in [9.17, 15) is 4.39 Å². The number of benzene rings is 2. The smallest absolute Gasteiger partial charge is 0.168 e. The van der Waals surface area contributed by atoms with Gasteiger partial charge in [-0.05, 0) is 54.0 Å². The first-order chi connectivity index (χ1) is 10.2. The molecule has 0 bridgehead atoms. The molecular weight excluding hydrogens is 265 g/mol. The van der Waals surface area contributed by atoms with Gasteiger partial charge >= 0.3 is 0 Å². The van der Waals surface area contributed by atoms with E-state index in [-0.39, 0.29) is 11.2 Å². The Morgan fingerprint density at radius 2 is 1.76 bits per heavy atom. The zero-order valence-electron chi connectivity index (χ0n) is 12.2. The van der Waals surface area contributed by atoms with Gasteiger partial charge in [0.1, 0.15) is 0 Å². The van der Waals surface area contributed by atoms with Gasteiger partial charge in [0.15, 0.2) is 11.6 Å². The van der Waals surface area contributed by atoms with E-state index < -0.39 is 0 Å². The second-order valence-corrected chi connectivity index (χ2v) is 5.94. The van der Waals surface area contributed by atoms with E-state index in [1.165, 1.54) is 18.2 Å². The number of nitrogens with two attached hydrogens (primary N) is 1. The van der Waals surface area contributed by atoms with Gasteiger partial charge in [-0.15, -0.1) is 0 Å². The minimum absolute atomic E-state index is 0.0864. The lowest BCUT2D eigenvalue weighted by Crippen LogP contribution is -2.34. The van der Waals surface area contributed by atoms with E-state index in [2.05, 4.69) is 24.3 Å². The van der Waals surface area contributed by atoms with Crippen LogP contribution in [0.15, 0.2) is 42.5 Å². The van der Waals surface area contributed by atoms with Crippen molar-refractivity contribution in [1.29, 1.82) is 0 Å². The molecule has 2 nitrogen and oxygen atoms in total. The summed E-state index contributed by atoms with van der Waals surface area (Å²) in [7, 11) is 1.49. The van der Waals surface area contributed by atoms with Gasteiger partial charge in [-0.1, -0.05) is 36.4 Å². The van der Waals surface area contributed by atoms with Crippen LogP contribution in [0.4, 0.5) is 4.39 Å². The van der Waals surface area contributed by atoms with Crippen LogP contribution in [0.3, 0.4) is 0 Å². The highest BCUT2D eigenvalue weighted by atomic mass is 19.1. The molecule has 3 rings (SSSR count). The van der Waals surface area contributed by atoms with Gasteiger partial charge in [-0.25, -0.2) is 4.39 Å². The van der Waals surface area contributed by atoms with Crippen molar-refractivity contribution >= 4 is 0 Å². The molecule has 0 saturated carbocycles. The lowest BCUT2D eigenvalue weighted by Gasteiger charge is -2.27. The molecule has 2 aromatic carbocycles. The van der Waals surface area contributed by atoms with Crippen molar-refractivity contribution in [2.45, 2.75) is 19.3 Å². The molecule has 0 aromatic heterocycles. The first kappa shape index (κ1) is 14.1. The molecule has 2 N–H and O–H groups in total. The van der Waals surface area contributed by atoms with Crippen LogP contribution in [0, 0.1) is 11.2 Å². The number of methoxy groups -OCH3 is 1. The SMILES string of the molecule is COc1cccc(CC2(CN)Cc3ccccc3C2)c1F. The lowest BCUT2D eigenvalue weighted by molar-refractivity contribution is 0.307. The van der Waals surface area contributed by atoms with Gasteiger partial charge in [-0.3, -0.25) is 0 Å². The van der Waals surface area contributed by atoms with Crippen LogP contribution in [-0.4, -0.2) is 13.7 Å². The highest BCUT2D eigenvalue weighted by molar-refractivity contribution is 5.37. The molecule has 110 valence electrons. The monoisotopic (exact) mass is 285 g/mol. The Balaban J connectivity index is 1.90. The Hall–Kier alpha value is -1.87. The van der Waals surface area contributed by atoms with Crippen LogP contribution in [0.5, 0.6) is 5.75 Å². The molecule has 0 amide bonds. The number of halogens is 1. The molecule has 1 aliphatic carbocycles. The molecule has 0 saturated heterocycles. The topological polar surface area (TPSA) is 35.2 Å². The Kier molecular flexibility index (Phi) is 3.68. The second kappa shape index (κ2) is 5.49. The van der Waals surface area contributed by atoms with Crippen molar-refractivity contribution in [1.82, 2.24) is 0 Å². The summed E-state index contributed by atoms with van der Waals surface area (Å²) in [6.07, 6.45) is 2.47. The van der Waals surface area contributed by atoms with Crippen LogP contribution in [0.2, 0.25) is 0 Å². The molecule has 21 heavy (non-hydrogen) atoms. The van der Waals surface area contributed by atoms with Crippen LogP contribution in [-0.2, 0) is 19.3 Å². The Bertz CT molecular complexity index is 628. The molecule has 0 unspecified atom stereocenters. The molecule has 3 heteroatoms. The van der Waals surface area contributed by atoms with Gasteiger partial charge in [0.2, 0.25) is 0 Å². The number of hydrogen-bond acceptors (Lipinski definition) is 2. The van der Waals surface area contributed by atoms with Gasteiger partial charge in [0, 0.05) is 0 Å². The summed E-state index contributed by atoms with van der Waals surface area (Å²) in [4.78, 5) is 0. The van der Waals surface area contributed by atoms with E-state index in [1.807, 2.05) is 12.1 Å². The fourth-order valence-corrected chi connectivity index (χ4v) is 3.37. The highest BCUT2D eigenvalue weighted by Gasteiger charge is 2.36. The van der Waals surface area contributed by atoms with Crippen molar-refractivity contribution < 1.29 is 9.13 Å². The fraction of sp³-hybridized carbons (Fsp3) is 0.333. The zero-order valence-corrected chi connectivity index (χ0v) is 12.2. The first-order valence-corrected chi connectivity index (χ1v) is 7.26. The molecular formula is C18H20FNO. The highest BCUT2D eigenvalue weighted by Crippen LogP contribution is 2.39. The van der Waals surface area contributed by atoms with Crippen molar-refractivity contribution in [2.75, 3.05) is 13.7 Å². The third kappa shape index (κ3) is 2.54. The standard InChI is InChI=1S/C18H20FNO/c1-21-16-8-4-7-15(17(16)19)11-18(12-20)9-13-5-2-3-6-14(13)10-18/h2-8H,9-12,20H2,1H3. The van der Waals surface area contributed by atoms with E-state index in [0.29, 0.717) is 24.3 Å². The largest absolute Gasteiger partial charge is 0.494 e. The lowest BCUT2D eigenvalue weighted by atomic mass is 9.79. The average Bonchev–Trinajstić information content (AvgIpc) is 2.88. The maximum atomic E-state index is 14.4. The minimum atomic E-state index is -0.260.